The van der Waals surface area contributed by atoms with E-state index in [0.717, 1.165) is 17.6 Å². The van der Waals surface area contributed by atoms with Crippen LogP contribution in [0.4, 0.5) is 5.69 Å². The van der Waals surface area contributed by atoms with Crippen LogP contribution in [0.5, 0.6) is 11.5 Å². The molecule has 0 bridgehead atoms. The number of benzene rings is 2. The first-order valence-corrected chi connectivity index (χ1v) is 13.9. The number of likely N-dealkylation sites (N-methyl/N-ethyl adjacent to an activating group) is 1. The second kappa shape index (κ2) is 11.9. The van der Waals surface area contributed by atoms with Crippen LogP contribution in [-0.4, -0.2) is 81.5 Å². The Kier molecular flexibility index (Phi) is 9.21. The molecule has 0 fully saturated rings. The molecule has 1 aliphatic rings. The van der Waals surface area contributed by atoms with Crippen molar-refractivity contribution in [2.45, 2.75) is 39.0 Å². The second-order valence-electron chi connectivity index (χ2n) is 9.63. The number of aliphatic hydroxyl groups excluding tert-OH is 1. The van der Waals surface area contributed by atoms with Crippen molar-refractivity contribution in [2.24, 2.45) is 5.92 Å². The van der Waals surface area contributed by atoms with Crippen LogP contribution < -0.4 is 14.2 Å². The van der Waals surface area contributed by atoms with Crippen LogP contribution in [0.25, 0.3) is 0 Å². The van der Waals surface area contributed by atoms with Gasteiger partial charge in [-0.1, -0.05) is 19.1 Å². The summed E-state index contributed by atoms with van der Waals surface area (Å²) in [4.78, 5) is 17.1. The Morgan fingerprint density at radius 1 is 1.25 bits per heavy atom. The zero-order chi connectivity index (χ0) is 26.5. The van der Waals surface area contributed by atoms with Crippen LogP contribution in [-0.2, 0) is 27.8 Å². The van der Waals surface area contributed by atoms with Crippen LogP contribution >= 0.6 is 0 Å². The van der Waals surface area contributed by atoms with Crippen molar-refractivity contribution in [1.82, 2.24) is 9.80 Å². The SMILES string of the molecule is COc1ccc(CN(C)C[C@@H]2Oc3ccc(NS(C)(=O)=O)cc3CC(=O)N([C@@H](C)CO)C[C@@H]2C)cc1. The number of methoxy groups -OCH3 is 1. The summed E-state index contributed by atoms with van der Waals surface area (Å²) in [6, 6.07) is 12.6. The Bertz CT molecular complexity index is 1140. The van der Waals surface area contributed by atoms with Crippen LogP contribution in [0, 0.1) is 5.92 Å². The number of rotatable bonds is 9. The molecule has 198 valence electrons. The minimum Gasteiger partial charge on any atom is -0.497 e. The summed E-state index contributed by atoms with van der Waals surface area (Å²) in [5, 5.41) is 9.78. The molecule has 0 saturated heterocycles. The highest BCUT2D eigenvalue weighted by atomic mass is 32.2. The highest BCUT2D eigenvalue weighted by Gasteiger charge is 2.31. The third kappa shape index (κ3) is 7.59. The first-order valence-electron chi connectivity index (χ1n) is 12.0. The van der Waals surface area contributed by atoms with Gasteiger partial charge in [0.15, 0.2) is 0 Å². The minimum atomic E-state index is -3.47. The predicted molar refractivity (Wildman–Crippen MR) is 140 cm³/mol. The van der Waals surface area contributed by atoms with E-state index in [9.17, 15) is 18.3 Å². The van der Waals surface area contributed by atoms with Gasteiger partial charge in [0.1, 0.15) is 17.6 Å². The topological polar surface area (TPSA) is 108 Å². The van der Waals surface area contributed by atoms with Gasteiger partial charge in [-0.05, 0) is 49.9 Å². The molecule has 2 aromatic rings. The number of nitrogens with zero attached hydrogens (tertiary/aromatic N) is 2. The predicted octanol–water partition coefficient (Wildman–Crippen LogP) is 2.35. The number of aliphatic hydroxyl groups is 1. The number of hydrogen-bond acceptors (Lipinski definition) is 7. The molecule has 0 unspecified atom stereocenters. The molecule has 0 saturated carbocycles. The Morgan fingerprint density at radius 3 is 2.56 bits per heavy atom. The van der Waals surface area contributed by atoms with Gasteiger partial charge in [-0.15, -0.1) is 0 Å². The van der Waals surface area contributed by atoms with E-state index in [1.807, 2.05) is 45.2 Å². The monoisotopic (exact) mass is 519 g/mol. The van der Waals surface area contributed by atoms with E-state index in [1.165, 1.54) is 0 Å². The Balaban J connectivity index is 1.88. The average molecular weight is 520 g/mol. The zero-order valence-electron chi connectivity index (χ0n) is 21.6. The number of sulfonamides is 1. The number of anilines is 1. The Hall–Kier alpha value is -2.82. The maximum Gasteiger partial charge on any atom is 0.229 e. The molecule has 1 aliphatic heterocycles. The molecule has 36 heavy (non-hydrogen) atoms. The van der Waals surface area contributed by atoms with E-state index in [2.05, 4.69) is 9.62 Å². The smallest absolute Gasteiger partial charge is 0.229 e. The first kappa shape index (κ1) is 27.8. The lowest BCUT2D eigenvalue weighted by molar-refractivity contribution is -0.134. The molecule has 3 atom stereocenters. The van der Waals surface area contributed by atoms with Gasteiger partial charge in [-0.3, -0.25) is 14.4 Å². The van der Waals surface area contributed by atoms with E-state index < -0.39 is 10.0 Å². The highest BCUT2D eigenvalue weighted by Crippen LogP contribution is 2.29. The summed E-state index contributed by atoms with van der Waals surface area (Å²) < 4.78 is 37.7. The third-order valence-electron chi connectivity index (χ3n) is 6.32. The number of fused-ring (bicyclic) bond motifs is 1. The molecule has 1 amide bonds. The molecule has 1 heterocycles. The standard InChI is InChI=1S/C26H37N3O6S/c1-18-14-29(19(2)17-30)26(31)13-21-12-22(27-36(5,32)33)8-11-24(21)35-25(18)16-28(3)15-20-6-9-23(34-4)10-7-20/h6-12,18-19,25,27,30H,13-17H2,1-5H3/t18-,19-,25-/m0/s1. The molecule has 0 aromatic heterocycles. The summed E-state index contributed by atoms with van der Waals surface area (Å²) in [7, 11) is 0.187. The fourth-order valence-corrected chi connectivity index (χ4v) is 4.89. The van der Waals surface area contributed by atoms with Crippen molar-refractivity contribution in [2.75, 3.05) is 44.8 Å². The lowest BCUT2D eigenvalue weighted by Crippen LogP contribution is -2.47. The zero-order valence-corrected chi connectivity index (χ0v) is 22.4. The number of ether oxygens (including phenoxy) is 2. The summed E-state index contributed by atoms with van der Waals surface area (Å²) in [5.74, 6) is 1.19. The summed E-state index contributed by atoms with van der Waals surface area (Å²) in [6.07, 6.45) is 0.873. The lowest BCUT2D eigenvalue weighted by Gasteiger charge is -2.34. The van der Waals surface area contributed by atoms with E-state index in [1.54, 1.807) is 30.2 Å². The van der Waals surface area contributed by atoms with Gasteiger partial charge >= 0.3 is 0 Å². The number of carbonyl (C=O) groups is 1. The number of hydrogen-bond donors (Lipinski definition) is 2. The quantitative estimate of drug-likeness (QED) is 0.524. The molecule has 2 aromatic carbocycles. The van der Waals surface area contributed by atoms with Gasteiger partial charge in [0.2, 0.25) is 15.9 Å². The number of carbonyl (C=O) groups excluding carboxylic acids is 1. The third-order valence-corrected chi connectivity index (χ3v) is 6.93. The maximum absolute atomic E-state index is 13.2. The van der Waals surface area contributed by atoms with Crippen LogP contribution in [0.1, 0.15) is 25.0 Å². The molecular weight excluding hydrogens is 482 g/mol. The van der Waals surface area contributed by atoms with Crippen molar-refractivity contribution in [1.29, 1.82) is 0 Å². The molecular formula is C26H37N3O6S. The largest absolute Gasteiger partial charge is 0.497 e. The average Bonchev–Trinajstić information content (AvgIpc) is 2.86. The van der Waals surface area contributed by atoms with E-state index in [-0.39, 0.29) is 37.0 Å². The molecule has 2 N–H and O–H groups in total. The fraction of sp³-hybridized carbons (Fsp3) is 0.500. The fourth-order valence-electron chi connectivity index (χ4n) is 4.34. The molecule has 0 spiro atoms. The normalized spacial score (nSPS) is 19.5. The van der Waals surface area contributed by atoms with Crippen molar-refractivity contribution in [3.8, 4) is 11.5 Å². The van der Waals surface area contributed by atoms with E-state index >= 15 is 0 Å². The van der Waals surface area contributed by atoms with Gasteiger partial charge in [0.05, 0.1) is 32.4 Å². The van der Waals surface area contributed by atoms with Crippen LogP contribution in [0.15, 0.2) is 42.5 Å². The van der Waals surface area contributed by atoms with Gasteiger partial charge in [-0.2, -0.15) is 0 Å². The minimum absolute atomic E-state index is 0.0268. The molecule has 9 nitrogen and oxygen atoms in total. The number of nitrogens with one attached hydrogen (secondary N) is 1. The van der Waals surface area contributed by atoms with Gasteiger partial charge in [0, 0.05) is 36.8 Å². The van der Waals surface area contributed by atoms with E-state index in [0.29, 0.717) is 36.6 Å². The van der Waals surface area contributed by atoms with Gasteiger partial charge in [-0.25, -0.2) is 8.42 Å². The maximum atomic E-state index is 13.2. The first-order chi connectivity index (χ1) is 17.0. The van der Waals surface area contributed by atoms with Crippen LogP contribution in [0.2, 0.25) is 0 Å². The summed E-state index contributed by atoms with van der Waals surface area (Å²) >= 11 is 0. The van der Waals surface area contributed by atoms with Crippen LogP contribution in [0.3, 0.4) is 0 Å². The summed E-state index contributed by atoms with van der Waals surface area (Å²) in [6.45, 7) is 5.45. The Morgan fingerprint density at radius 2 is 1.94 bits per heavy atom. The molecule has 0 aliphatic carbocycles. The van der Waals surface area contributed by atoms with Gasteiger partial charge < -0.3 is 19.5 Å². The Labute approximate surface area is 214 Å². The number of amides is 1. The van der Waals surface area contributed by atoms with Crippen molar-refractivity contribution >= 4 is 21.6 Å². The van der Waals surface area contributed by atoms with Crippen molar-refractivity contribution < 1.29 is 27.8 Å². The van der Waals surface area contributed by atoms with E-state index in [4.69, 9.17) is 9.47 Å². The second-order valence-corrected chi connectivity index (χ2v) is 11.4. The molecule has 10 heteroatoms. The summed E-state index contributed by atoms with van der Waals surface area (Å²) in [5.41, 5.74) is 2.10. The molecule has 0 radical (unpaired) electrons. The van der Waals surface area contributed by atoms with Crippen molar-refractivity contribution in [3.63, 3.8) is 0 Å². The van der Waals surface area contributed by atoms with Gasteiger partial charge in [0.25, 0.3) is 0 Å². The molecule has 3 rings (SSSR count). The van der Waals surface area contributed by atoms with Crippen molar-refractivity contribution in [3.05, 3.63) is 53.6 Å². The lowest BCUT2D eigenvalue weighted by atomic mass is 10.0. The highest BCUT2D eigenvalue weighted by molar-refractivity contribution is 7.92.